The molecule has 3 amide bonds. The quantitative estimate of drug-likeness (QED) is 0.533. The number of hydrogen-bond donors (Lipinski definition) is 3. The highest BCUT2D eigenvalue weighted by atomic mass is 127. The summed E-state index contributed by atoms with van der Waals surface area (Å²) in [6.45, 7) is 5.99. The van der Waals surface area contributed by atoms with Crippen LogP contribution in [-0.4, -0.2) is 30.8 Å². The molecule has 0 spiro atoms. The number of anilines is 1. The van der Waals surface area contributed by atoms with Crippen LogP contribution in [0.25, 0.3) is 0 Å². The van der Waals surface area contributed by atoms with Gasteiger partial charge in [0.25, 0.3) is 0 Å². The van der Waals surface area contributed by atoms with Crippen molar-refractivity contribution in [1.29, 1.82) is 0 Å². The number of halogens is 1. The van der Waals surface area contributed by atoms with E-state index in [1.807, 2.05) is 24.3 Å². The molecule has 1 rings (SSSR count). The Morgan fingerprint density at radius 1 is 1.14 bits per heavy atom. The van der Waals surface area contributed by atoms with Gasteiger partial charge in [0.05, 0.1) is 5.69 Å². The zero-order valence-electron chi connectivity index (χ0n) is 12.3. The number of alkyl carbamates (subject to hydrolysis) is 1. The van der Waals surface area contributed by atoms with Crippen LogP contribution in [0.1, 0.15) is 20.8 Å². The fourth-order valence-corrected chi connectivity index (χ4v) is 1.91. The van der Waals surface area contributed by atoms with Crippen molar-refractivity contribution in [3.63, 3.8) is 0 Å². The standard InChI is InChI=1S/C14H20IN3O3/c1-14(2,3)21-13(20)17-9-8-16-12(19)18-11-7-5-4-6-10(11)15/h4-7H,8-9H2,1-3H3,(H,17,20)(H2,16,18,19). The molecule has 0 atom stereocenters. The minimum atomic E-state index is -0.529. The van der Waals surface area contributed by atoms with Gasteiger partial charge in [-0.3, -0.25) is 0 Å². The summed E-state index contributed by atoms with van der Waals surface area (Å²) in [6, 6.07) is 7.16. The average molecular weight is 405 g/mol. The summed E-state index contributed by atoms with van der Waals surface area (Å²) in [7, 11) is 0. The van der Waals surface area contributed by atoms with Crippen molar-refractivity contribution in [2.75, 3.05) is 18.4 Å². The van der Waals surface area contributed by atoms with Crippen LogP contribution in [0.3, 0.4) is 0 Å². The van der Waals surface area contributed by atoms with Crippen molar-refractivity contribution in [3.05, 3.63) is 27.8 Å². The second-order valence-corrected chi connectivity index (χ2v) is 6.45. The van der Waals surface area contributed by atoms with Crippen LogP contribution in [0.2, 0.25) is 0 Å². The molecule has 0 heterocycles. The third-order valence-electron chi connectivity index (χ3n) is 2.20. The Morgan fingerprint density at radius 3 is 2.38 bits per heavy atom. The summed E-state index contributed by atoms with van der Waals surface area (Å²) in [4.78, 5) is 23.0. The fraction of sp³-hybridized carbons (Fsp3) is 0.429. The molecule has 7 heteroatoms. The summed E-state index contributed by atoms with van der Waals surface area (Å²) in [5.41, 5.74) is 0.217. The Kier molecular flexibility index (Phi) is 6.73. The predicted octanol–water partition coefficient (Wildman–Crippen LogP) is 2.94. The molecule has 0 aliphatic heterocycles. The van der Waals surface area contributed by atoms with Gasteiger partial charge in [-0.25, -0.2) is 9.59 Å². The van der Waals surface area contributed by atoms with E-state index in [1.165, 1.54) is 0 Å². The van der Waals surface area contributed by atoms with Gasteiger partial charge in [0.2, 0.25) is 0 Å². The number of ether oxygens (including phenoxy) is 1. The predicted molar refractivity (Wildman–Crippen MR) is 90.4 cm³/mol. The molecule has 0 saturated heterocycles. The highest BCUT2D eigenvalue weighted by Crippen LogP contribution is 2.16. The third kappa shape index (κ3) is 7.74. The van der Waals surface area contributed by atoms with Gasteiger partial charge in [0.15, 0.2) is 0 Å². The van der Waals surface area contributed by atoms with Crippen molar-refractivity contribution in [2.24, 2.45) is 0 Å². The first-order chi connectivity index (χ1) is 9.78. The normalized spacial score (nSPS) is 10.7. The second-order valence-electron chi connectivity index (χ2n) is 5.29. The molecule has 3 N–H and O–H groups in total. The molecule has 0 radical (unpaired) electrons. The van der Waals surface area contributed by atoms with Crippen LogP contribution in [0.5, 0.6) is 0 Å². The Balaban J connectivity index is 2.23. The van der Waals surface area contributed by atoms with Gasteiger partial charge in [0, 0.05) is 16.7 Å². The van der Waals surface area contributed by atoms with E-state index in [1.54, 1.807) is 20.8 Å². The maximum Gasteiger partial charge on any atom is 0.407 e. The lowest BCUT2D eigenvalue weighted by Gasteiger charge is -2.19. The van der Waals surface area contributed by atoms with Crippen LogP contribution < -0.4 is 16.0 Å². The van der Waals surface area contributed by atoms with Crippen LogP contribution in [0.15, 0.2) is 24.3 Å². The molecular formula is C14H20IN3O3. The second kappa shape index (κ2) is 8.06. The highest BCUT2D eigenvalue weighted by Gasteiger charge is 2.15. The van der Waals surface area contributed by atoms with Crippen molar-refractivity contribution in [3.8, 4) is 0 Å². The number of carbonyl (C=O) groups is 2. The molecule has 0 saturated carbocycles. The van der Waals surface area contributed by atoms with E-state index in [4.69, 9.17) is 4.74 Å². The van der Waals surface area contributed by atoms with Crippen LogP contribution in [0.4, 0.5) is 15.3 Å². The summed E-state index contributed by atoms with van der Waals surface area (Å²) < 4.78 is 6.03. The maximum absolute atomic E-state index is 11.7. The van der Waals surface area contributed by atoms with Crippen molar-refractivity contribution in [1.82, 2.24) is 10.6 Å². The molecule has 21 heavy (non-hydrogen) atoms. The number of nitrogens with one attached hydrogen (secondary N) is 3. The van der Waals surface area contributed by atoms with E-state index in [0.717, 1.165) is 9.26 Å². The zero-order chi connectivity index (χ0) is 15.9. The third-order valence-corrected chi connectivity index (χ3v) is 3.14. The number of benzene rings is 1. The maximum atomic E-state index is 11.7. The molecule has 1 aromatic carbocycles. The Hall–Kier alpha value is -1.51. The first kappa shape index (κ1) is 17.5. The molecule has 0 aromatic heterocycles. The van der Waals surface area contributed by atoms with Crippen molar-refractivity contribution >= 4 is 40.4 Å². The van der Waals surface area contributed by atoms with E-state index < -0.39 is 11.7 Å². The largest absolute Gasteiger partial charge is 0.444 e. The van der Waals surface area contributed by atoms with Gasteiger partial charge in [0.1, 0.15) is 5.60 Å². The lowest BCUT2D eigenvalue weighted by molar-refractivity contribution is 0.0528. The van der Waals surface area contributed by atoms with Gasteiger partial charge >= 0.3 is 12.1 Å². The first-order valence-corrected chi connectivity index (χ1v) is 7.62. The van der Waals surface area contributed by atoms with Gasteiger partial charge in [-0.2, -0.15) is 0 Å². The molecular weight excluding hydrogens is 385 g/mol. The van der Waals surface area contributed by atoms with Crippen molar-refractivity contribution in [2.45, 2.75) is 26.4 Å². The van der Waals surface area contributed by atoms with Crippen LogP contribution in [-0.2, 0) is 4.74 Å². The summed E-state index contributed by atoms with van der Waals surface area (Å²) in [5, 5.41) is 7.95. The van der Waals surface area contributed by atoms with Gasteiger partial charge in [-0.1, -0.05) is 12.1 Å². The first-order valence-electron chi connectivity index (χ1n) is 6.54. The van der Waals surface area contributed by atoms with E-state index in [9.17, 15) is 9.59 Å². The monoisotopic (exact) mass is 405 g/mol. The van der Waals surface area contributed by atoms with E-state index in [0.29, 0.717) is 13.1 Å². The molecule has 0 unspecified atom stereocenters. The molecule has 116 valence electrons. The lowest BCUT2D eigenvalue weighted by Crippen LogP contribution is -2.39. The van der Waals surface area contributed by atoms with Gasteiger partial charge in [-0.05, 0) is 55.5 Å². The molecule has 6 nitrogen and oxygen atoms in total. The smallest absolute Gasteiger partial charge is 0.407 e. The van der Waals surface area contributed by atoms with Crippen LogP contribution >= 0.6 is 22.6 Å². The Bertz CT molecular complexity index is 500. The summed E-state index contributed by atoms with van der Waals surface area (Å²) in [5.74, 6) is 0. The van der Waals surface area contributed by atoms with Gasteiger partial charge < -0.3 is 20.7 Å². The molecule has 1 aromatic rings. The number of urea groups is 1. The van der Waals surface area contributed by atoms with E-state index in [-0.39, 0.29) is 6.03 Å². The molecule has 0 bridgehead atoms. The topological polar surface area (TPSA) is 79.5 Å². The number of rotatable bonds is 4. The number of carbonyl (C=O) groups excluding carboxylic acids is 2. The van der Waals surface area contributed by atoms with Gasteiger partial charge in [-0.15, -0.1) is 0 Å². The molecule has 0 aliphatic carbocycles. The lowest BCUT2D eigenvalue weighted by atomic mass is 10.2. The minimum Gasteiger partial charge on any atom is -0.444 e. The molecule has 0 aliphatic rings. The number of hydrogen-bond acceptors (Lipinski definition) is 3. The minimum absolute atomic E-state index is 0.300. The number of para-hydroxylation sites is 1. The Labute approximate surface area is 138 Å². The summed E-state index contributed by atoms with van der Waals surface area (Å²) in [6.07, 6.45) is -0.498. The van der Waals surface area contributed by atoms with Crippen LogP contribution in [0, 0.1) is 3.57 Å². The zero-order valence-corrected chi connectivity index (χ0v) is 14.5. The SMILES string of the molecule is CC(C)(C)OC(=O)NCCNC(=O)Nc1ccccc1I. The van der Waals surface area contributed by atoms with E-state index in [2.05, 4.69) is 38.5 Å². The number of amides is 3. The summed E-state index contributed by atoms with van der Waals surface area (Å²) >= 11 is 2.14. The molecule has 0 fully saturated rings. The van der Waals surface area contributed by atoms with E-state index >= 15 is 0 Å². The Morgan fingerprint density at radius 2 is 1.76 bits per heavy atom. The highest BCUT2D eigenvalue weighted by molar-refractivity contribution is 14.1. The average Bonchev–Trinajstić information content (AvgIpc) is 2.35. The fourth-order valence-electron chi connectivity index (χ4n) is 1.38. The van der Waals surface area contributed by atoms with Crippen molar-refractivity contribution < 1.29 is 14.3 Å².